The molecule has 0 radical (unpaired) electrons. The summed E-state index contributed by atoms with van der Waals surface area (Å²) < 4.78 is 5.46. The Bertz CT molecular complexity index is 812. The predicted octanol–water partition coefficient (Wildman–Crippen LogP) is 2.73. The fourth-order valence-electron chi connectivity index (χ4n) is 3.29. The van der Waals surface area contributed by atoms with Crippen molar-refractivity contribution in [3.8, 4) is 5.75 Å². The third kappa shape index (κ3) is 4.38. The molecule has 1 heterocycles. The van der Waals surface area contributed by atoms with Crippen molar-refractivity contribution in [2.75, 3.05) is 44.7 Å². The molecule has 3 rings (SSSR count). The standard InChI is InChI=1S/C20H24N4O3/c1-27-20-5-3-2-4-19(20)23-12-10-22(11-13-23)18(15-21)14-16-6-8-17(9-7-16)24(25)26/h2-9,14H,10-13,15,21H2,1H3. The largest absolute Gasteiger partial charge is 0.495 e. The highest BCUT2D eigenvalue weighted by Crippen LogP contribution is 2.29. The summed E-state index contributed by atoms with van der Waals surface area (Å²) in [6.45, 7) is 3.88. The van der Waals surface area contributed by atoms with Crippen LogP contribution in [0.3, 0.4) is 0 Å². The molecule has 0 amide bonds. The number of nitrogens with two attached hydrogens (primary N) is 1. The minimum atomic E-state index is -0.394. The van der Waals surface area contributed by atoms with Gasteiger partial charge < -0.3 is 20.3 Å². The molecule has 142 valence electrons. The first kappa shape index (κ1) is 18.7. The molecule has 0 unspecified atom stereocenters. The minimum Gasteiger partial charge on any atom is -0.495 e. The van der Waals surface area contributed by atoms with E-state index in [1.807, 2.05) is 24.3 Å². The molecule has 1 fully saturated rings. The third-order valence-corrected chi connectivity index (χ3v) is 4.76. The first-order valence-electron chi connectivity index (χ1n) is 8.90. The van der Waals surface area contributed by atoms with Gasteiger partial charge >= 0.3 is 0 Å². The smallest absolute Gasteiger partial charge is 0.269 e. The van der Waals surface area contributed by atoms with Crippen LogP contribution in [0.5, 0.6) is 5.75 Å². The number of rotatable bonds is 6. The van der Waals surface area contributed by atoms with Crippen molar-refractivity contribution in [2.45, 2.75) is 0 Å². The predicted molar refractivity (Wildman–Crippen MR) is 107 cm³/mol. The number of piperazine rings is 1. The molecule has 0 saturated carbocycles. The topological polar surface area (TPSA) is 84.9 Å². The van der Waals surface area contributed by atoms with E-state index < -0.39 is 4.92 Å². The van der Waals surface area contributed by atoms with Crippen LogP contribution in [0.2, 0.25) is 0 Å². The van der Waals surface area contributed by atoms with Gasteiger partial charge in [-0.15, -0.1) is 0 Å². The fourth-order valence-corrected chi connectivity index (χ4v) is 3.29. The number of nitrogens with zero attached hydrogens (tertiary/aromatic N) is 3. The lowest BCUT2D eigenvalue weighted by Crippen LogP contribution is -2.46. The zero-order valence-electron chi connectivity index (χ0n) is 15.4. The van der Waals surface area contributed by atoms with Crippen LogP contribution in [-0.4, -0.2) is 49.7 Å². The second kappa shape index (κ2) is 8.55. The van der Waals surface area contributed by atoms with Crippen LogP contribution in [0.1, 0.15) is 5.56 Å². The van der Waals surface area contributed by atoms with E-state index in [2.05, 4.69) is 15.9 Å². The molecule has 7 nitrogen and oxygen atoms in total. The second-order valence-corrected chi connectivity index (χ2v) is 6.33. The van der Waals surface area contributed by atoms with Crippen molar-refractivity contribution in [3.05, 3.63) is 69.9 Å². The lowest BCUT2D eigenvalue weighted by Gasteiger charge is -2.38. The number of hydrogen-bond donors (Lipinski definition) is 1. The Kier molecular flexibility index (Phi) is 5.93. The Morgan fingerprint density at radius 2 is 1.81 bits per heavy atom. The number of hydrogen-bond acceptors (Lipinski definition) is 6. The minimum absolute atomic E-state index is 0.0897. The first-order valence-corrected chi connectivity index (χ1v) is 8.90. The molecule has 2 aromatic carbocycles. The van der Waals surface area contributed by atoms with Gasteiger partial charge in [-0.25, -0.2) is 0 Å². The van der Waals surface area contributed by atoms with Gasteiger partial charge in [-0.2, -0.15) is 0 Å². The van der Waals surface area contributed by atoms with E-state index in [0.717, 1.165) is 48.9 Å². The van der Waals surface area contributed by atoms with Crippen LogP contribution in [-0.2, 0) is 0 Å². The molecule has 1 aliphatic heterocycles. The van der Waals surface area contributed by atoms with Crippen molar-refractivity contribution in [1.82, 2.24) is 4.90 Å². The average Bonchev–Trinajstić information content (AvgIpc) is 2.72. The van der Waals surface area contributed by atoms with E-state index in [4.69, 9.17) is 10.5 Å². The highest BCUT2D eigenvalue weighted by Gasteiger charge is 2.20. The number of benzene rings is 2. The summed E-state index contributed by atoms with van der Waals surface area (Å²) in [5.41, 5.74) is 9.11. The van der Waals surface area contributed by atoms with E-state index in [1.54, 1.807) is 19.2 Å². The zero-order valence-corrected chi connectivity index (χ0v) is 15.4. The van der Waals surface area contributed by atoms with Gasteiger partial charge in [0.1, 0.15) is 5.75 Å². The fraction of sp³-hybridized carbons (Fsp3) is 0.300. The Balaban J connectivity index is 1.69. The summed E-state index contributed by atoms with van der Waals surface area (Å²) in [7, 11) is 1.69. The van der Waals surface area contributed by atoms with Gasteiger partial charge in [0.2, 0.25) is 0 Å². The highest BCUT2D eigenvalue weighted by molar-refractivity contribution is 5.59. The lowest BCUT2D eigenvalue weighted by atomic mass is 10.1. The lowest BCUT2D eigenvalue weighted by molar-refractivity contribution is -0.384. The highest BCUT2D eigenvalue weighted by atomic mass is 16.6. The Morgan fingerprint density at radius 3 is 2.41 bits per heavy atom. The van der Waals surface area contributed by atoms with Crippen molar-refractivity contribution in [2.24, 2.45) is 5.73 Å². The average molecular weight is 368 g/mol. The summed E-state index contributed by atoms with van der Waals surface area (Å²) in [6, 6.07) is 14.6. The molecule has 2 N–H and O–H groups in total. The van der Waals surface area contributed by atoms with Crippen LogP contribution < -0.4 is 15.4 Å². The number of ether oxygens (including phenoxy) is 1. The van der Waals surface area contributed by atoms with Crippen LogP contribution in [0, 0.1) is 10.1 Å². The molecule has 1 saturated heterocycles. The summed E-state index contributed by atoms with van der Waals surface area (Å²) in [4.78, 5) is 15.0. The van der Waals surface area contributed by atoms with Crippen LogP contribution in [0.4, 0.5) is 11.4 Å². The van der Waals surface area contributed by atoms with Gasteiger partial charge in [-0.05, 0) is 35.9 Å². The van der Waals surface area contributed by atoms with Gasteiger partial charge in [-0.1, -0.05) is 12.1 Å². The SMILES string of the molecule is COc1ccccc1N1CCN(C(=Cc2ccc([N+](=O)[O-])cc2)CN)CC1. The number of methoxy groups -OCH3 is 1. The maximum atomic E-state index is 10.8. The second-order valence-electron chi connectivity index (χ2n) is 6.33. The van der Waals surface area contributed by atoms with Gasteiger partial charge in [0.05, 0.1) is 17.7 Å². The molecule has 0 aliphatic carbocycles. The van der Waals surface area contributed by atoms with Crippen molar-refractivity contribution < 1.29 is 9.66 Å². The molecule has 27 heavy (non-hydrogen) atoms. The monoisotopic (exact) mass is 368 g/mol. The molecule has 0 atom stereocenters. The van der Waals surface area contributed by atoms with Crippen LogP contribution in [0.25, 0.3) is 6.08 Å². The first-order chi connectivity index (χ1) is 13.1. The van der Waals surface area contributed by atoms with Gasteiger partial charge in [-0.3, -0.25) is 10.1 Å². The molecule has 7 heteroatoms. The summed E-state index contributed by atoms with van der Waals surface area (Å²) in [5.74, 6) is 0.881. The number of nitro groups is 1. The van der Waals surface area contributed by atoms with E-state index in [0.29, 0.717) is 6.54 Å². The quantitative estimate of drug-likeness (QED) is 0.623. The molecule has 0 bridgehead atoms. The molecular formula is C20H24N4O3. The number of para-hydroxylation sites is 2. The van der Waals surface area contributed by atoms with E-state index in [9.17, 15) is 10.1 Å². The van der Waals surface area contributed by atoms with Gasteiger partial charge in [0.15, 0.2) is 0 Å². The Morgan fingerprint density at radius 1 is 1.15 bits per heavy atom. The zero-order chi connectivity index (χ0) is 19.2. The third-order valence-electron chi connectivity index (χ3n) is 4.76. The van der Waals surface area contributed by atoms with Crippen LogP contribution in [0.15, 0.2) is 54.2 Å². The normalized spacial score (nSPS) is 15.0. The summed E-state index contributed by atoms with van der Waals surface area (Å²) in [6.07, 6.45) is 2.00. The van der Waals surface area contributed by atoms with Gasteiger partial charge in [0, 0.05) is 50.6 Å². The maximum Gasteiger partial charge on any atom is 0.269 e. The molecule has 0 spiro atoms. The van der Waals surface area contributed by atoms with Crippen molar-refractivity contribution >= 4 is 17.5 Å². The van der Waals surface area contributed by atoms with Crippen molar-refractivity contribution in [1.29, 1.82) is 0 Å². The number of nitro benzene ring substituents is 1. The molecular weight excluding hydrogens is 344 g/mol. The summed E-state index contributed by atoms with van der Waals surface area (Å²) in [5, 5.41) is 10.8. The van der Waals surface area contributed by atoms with Crippen molar-refractivity contribution in [3.63, 3.8) is 0 Å². The number of non-ortho nitro benzene ring substituents is 1. The van der Waals surface area contributed by atoms with E-state index in [-0.39, 0.29) is 5.69 Å². The molecule has 1 aliphatic rings. The van der Waals surface area contributed by atoms with E-state index in [1.165, 1.54) is 12.1 Å². The molecule has 0 aromatic heterocycles. The Labute approximate surface area is 158 Å². The summed E-state index contributed by atoms with van der Waals surface area (Å²) >= 11 is 0. The number of anilines is 1. The Hall–Kier alpha value is -3.06. The maximum absolute atomic E-state index is 10.8. The van der Waals surface area contributed by atoms with Crippen LogP contribution >= 0.6 is 0 Å². The van der Waals surface area contributed by atoms with Gasteiger partial charge in [0.25, 0.3) is 5.69 Å². The molecule has 2 aromatic rings. The van der Waals surface area contributed by atoms with E-state index >= 15 is 0 Å².